The Hall–Kier alpha value is -3.92. The highest BCUT2D eigenvalue weighted by Crippen LogP contribution is 2.31. The van der Waals surface area contributed by atoms with Crippen LogP contribution >= 0.6 is 0 Å². The van der Waals surface area contributed by atoms with Crippen molar-refractivity contribution in [3.8, 4) is 5.69 Å². The third kappa shape index (κ3) is 3.54. The number of fused-ring (bicyclic) bond motifs is 1. The van der Waals surface area contributed by atoms with Gasteiger partial charge in [0.25, 0.3) is 5.56 Å². The number of nitrogens with zero attached hydrogens (tertiary/aromatic N) is 5. The molecule has 0 fully saturated rings. The molecule has 1 N–H and O–H groups in total. The summed E-state index contributed by atoms with van der Waals surface area (Å²) in [7, 11) is 0. The van der Waals surface area contributed by atoms with Crippen molar-refractivity contribution in [1.82, 2.24) is 24.5 Å². The Bertz CT molecular complexity index is 1350. The van der Waals surface area contributed by atoms with Crippen LogP contribution in [0, 0.1) is 18.6 Å². The highest BCUT2D eigenvalue weighted by Gasteiger charge is 2.27. The lowest BCUT2D eigenvalue weighted by Crippen LogP contribution is -2.26. The minimum Gasteiger partial charge on any atom is -0.371 e. The van der Waals surface area contributed by atoms with Gasteiger partial charge in [-0.05, 0) is 48.4 Å². The summed E-state index contributed by atoms with van der Waals surface area (Å²) in [5.74, 6) is 0.127. The van der Waals surface area contributed by atoms with Crippen molar-refractivity contribution in [3.63, 3.8) is 0 Å². The molecule has 0 bridgehead atoms. The Labute approximate surface area is 181 Å². The fourth-order valence-corrected chi connectivity index (χ4v) is 3.72. The van der Waals surface area contributed by atoms with Gasteiger partial charge in [-0.1, -0.05) is 12.1 Å². The van der Waals surface area contributed by atoms with Gasteiger partial charge in [0, 0.05) is 18.0 Å². The molecule has 0 saturated carbocycles. The summed E-state index contributed by atoms with van der Waals surface area (Å²) in [4.78, 5) is 12.1. The van der Waals surface area contributed by atoms with E-state index in [0.717, 1.165) is 10.2 Å². The van der Waals surface area contributed by atoms with Gasteiger partial charge in [0.05, 0.1) is 12.6 Å². The van der Waals surface area contributed by atoms with Gasteiger partial charge in [-0.3, -0.25) is 9.36 Å². The minimum absolute atomic E-state index is 0.0144. The first kappa shape index (κ1) is 20.0. The largest absolute Gasteiger partial charge is 0.371 e. The number of hydrogen-bond donors (Lipinski definition) is 1. The molecule has 10 heteroatoms. The molecule has 4 aromatic rings. The van der Waals surface area contributed by atoms with Crippen LogP contribution in [0.5, 0.6) is 0 Å². The molecule has 1 atom stereocenters. The summed E-state index contributed by atoms with van der Waals surface area (Å²) in [5.41, 5.74) is 1.55. The summed E-state index contributed by atoms with van der Waals surface area (Å²) >= 11 is 0. The van der Waals surface area contributed by atoms with Crippen molar-refractivity contribution in [3.05, 3.63) is 93.7 Å². The van der Waals surface area contributed by atoms with Crippen LogP contribution in [-0.4, -0.2) is 31.2 Å². The maximum Gasteiger partial charge on any atom is 0.271 e. The van der Waals surface area contributed by atoms with E-state index in [-0.39, 0.29) is 24.2 Å². The van der Waals surface area contributed by atoms with E-state index < -0.39 is 11.4 Å². The van der Waals surface area contributed by atoms with E-state index in [0.29, 0.717) is 29.6 Å². The molecule has 1 unspecified atom stereocenters. The van der Waals surface area contributed by atoms with E-state index in [1.165, 1.54) is 42.6 Å². The van der Waals surface area contributed by atoms with Gasteiger partial charge >= 0.3 is 0 Å². The van der Waals surface area contributed by atoms with Crippen molar-refractivity contribution in [1.29, 1.82) is 0 Å². The first-order valence-corrected chi connectivity index (χ1v) is 9.90. The van der Waals surface area contributed by atoms with Crippen LogP contribution < -0.4 is 10.9 Å². The van der Waals surface area contributed by atoms with Gasteiger partial charge in [0.2, 0.25) is 5.95 Å². The van der Waals surface area contributed by atoms with Gasteiger partial charge in [-0.2, -0.15) is 9.78 Å². The molecular weight excluding hydrogens is 418 g/mol. The molecule has 0 spiro atoms. The van der Waals surface area contributed by atoms with Crippen molar-refractivity contribution in [2.24, 2.45) is 0 Å². The van der Waals surface area contributed by atoms with Gasteiger partial charge in [-0.25, -0.2) is 8.78 Å². The van der Waals surface area contributed by atoms with Crippen LogP contribution in [0.3, 0.4) is 0 Å². The first-order valence-electron chi connectivity index (χ1n) is 9.90. The second kappa shape index (κ2) is 7.97. The SMILES string of the molecule is Cc1cc(F)c(-n2ncccc2=O)cc1Nc1nnc2n1C(c1ccc(F)cc1)COC2. The molecule has 2 aromatic carbocycles. The lowest BCUT2D eigenvalue weighted by Gasteiger charge is -2.27. The molecule has 0 amide bonds. The zero-order valence-electron chi connectivity index (χ0n) is 17.0. The number of aromatic nitrogens is 5. The monoisotopic (exact) mass is 436 g/mol. The van der Waals surface area contributed by atoms with E-state index >= 15 is 0 Å². The molecule has 1 aliphatic heterocycles. The molecule has 3 heterocycles. The smallest absolute Gasteiger partial charge is 0.271 e. The van der Waals surface area contributed by atoms with Crippen LogP contribution in [0.15, 0.2) is 59.5 Å². The number of benzene rings is 2. The minimum atomic E-state index is -0.574. The Balaban J connectivity index is 1.55. The Morgan fingerprint density at radius 1 is 1.12 bits per heavy atom. The highest BCUT2D eigenvalue weighted by molar-refractivity contribution is 5.63. The Morgan fingerprint density at radius 3 is 2.72 bits per heavy atom. The van der Waals surface area contributed by atoms with E-state index in [9.17, 15) is 13.6 Å². The van der Waals surface area contributed by atoms with Crippen LogP contribution in [0.25, 0.3) is 5.69 Å². The van der Waals surface area contributed by atoms with Crippen LogP contribution in [-0.2, 0) is 11.3 Å². The lowest BCUT2D eigenvalue weighted by molar-refractivity contribution is 0.0670. The summed E-state index contributed by atoms with van der Waals surface area (Å²) in [6.07, 6.45) is 1.41. The van der Waals surface area contributed by atoms with Crippen molar-refractivity contribution in [2.45, 2.75) is 19.6 Å². The number of nitrogens with one attached hydrogen (secondary N) is 1. The average molecular weight is 436 g/mol. The summed E-state index contributed by atoms with van der Waals surface area (Å²) in [5, 5.41) is 15.6. The average Bonchev–Trinajstić information content (AvgIpc) is 3.20. The van der Waals surface area contributed by atoms with Crippen LogP contribution in [0.4, 0.5) is 20.4 Å². The first-order chi connectivity index (χ1) is 15.5. The predicted octanol–water partition coefficient (Wildman–Crippen LogP) is 3.27. The van der Waals surface area contributed by atoms with Crippen LogP contribution in [0.1, 0.15) is 23.0 Å². The third-order valence-corrected chi connectivity index (χ3v) is 5.32. The molecular formula is C22H18F2N6O2. The fourth-order valence-electron chi connectivity index (χ4n) is 3.72. The van der Waals surface area contributed by atoms with E-state index in [1.54, 1.807) is 19.1 Å². The Kier molecular flexibility index (Phi) is 4.98. The summed E-state index contributed by atoms with van der Waals surface area (Å²) in [6, 6.07) is 11.5. The number of rotatable bonds is 4. The van der Waals surface area contributed by atoms with Crippen molar-refractivity contribution in [2.75, 3.05) is 11.9 Å². The van der Waals surface area contributed by atoms with E-state index in [1.807, 2.05) is 4.57 Å². The third-order valence-electron chi connectivity index (χ3n) is 5.32. The molecule has 0 saturated heterocycles. The highest BCUT2D eigenvalue weighted by atomic mass is 19.1. The molecule has 1 aliphatic rings. The summed E-state index contributed by atoms with van der Waals surface area (Å²) < 4.78 is 36.6. The van der Waals surface area contributed by atoms with E-state index in [2.05, 4.69) is 20.6 Å². The summed E-state index contributed by atoms with van der Waals surface area (Å²) in [6.45, 7) is 2.39. The lowest BCUT2D eigenvalue weighted by atomic mass is 10.1. The molecule has 0 radical (unpaired) electrons. The van der Waals surface area contributed by atoms with Gasteiger partial charge in [-0.15, -0.1) is 10.2 Å². The second-order valence-electron chi connectivity index (χ2n) is 7.41. The van der Waals surface area contributed by atoms with Gasteiger partial charge in [0.15, 0.2) is 5.82 Å². The number of halogens is 2. The second-order valence-corrected chi connectivity index (χ2v) is 7.41. The molecule has 5 rings (SSSR count). The van der Waals surface area contributed by atoms with Gasteiger partial charge in [0.1, 0.15) is 23.9 Å². The maximum absolute atomic E-state index is 14.7. The number of aryl methyl sites for hydroxylation is 1. The Morgan fingerprint density at radius 2 is 1.94 bits per heavy atom. The van der Waals surface area contributed by atoms with Crippen molar-refractivity contribution >= 4 is 11.6 Å². The number of hydrogen-bond acceptors (Lipinski definition) is 6. The molecule has 32 heavy (non-hydrogen) atoms. The quantitative estimate of drug-likeness (QED) is 0.529. The molecule has 2 aromatic heterocycles. The van der Waals surface area contributed by atoms with Gasteiger partial charge < -0.3 is 10.1 Å². The van der Waals surface area contributed by atoms with E-state index in [4.69, 9.17) is 4.74 Å². The number of anilines is 2. The topological polar surface area (TPSA) is 86.9 Å². The fraction of sp³-hybridized carbons (Fsp3) is 0.182. The molecule has 0 aliphatic carbocycles. The normalized spacial score (nSPS) is 15.4. The standard InChI is InChI=1S/C22H18F2N6O2/c1-13-9-16(24)18(30-21(31)3-2-8-25-30)10-17(13)26-22-28-27-20-12-32-11-19(29(20)22)14-4-6-15(23)7-5-14/h2-10,19H,11-12H2,1H3,(H,26,28). The predicted molar refractivity (Wildman–Crippen MR) is 112 cm³/mol. The molecule has 8 nitrogen and oxygen atoms in total. The van der Waals surface area contributed by atoms with Crippen LogP contribution in [0.2, 0.25) is 0 Å². The zero-order valence-corrected chi connectivity index (χ0v) is 17.0. The maximum atomic E-state index is 14.7. The number of ether oxygens (including phenoxy) is 1. The zero-order chi connectivity index (χ0) is 22.2. The van der Waals surface area contributed by atoms with Crippen molar-refractivity contribution < 1.29 is 13.5 Å². The molecule has 162 valence electrons.